The summed E-state index contributed by atoms with van der Waals surface area (Å²) in [4.78, 5) is 11.4. The van der Waals surface area contributed by atoms with Gasteiger partial charge in [-0.3, -0.25) is 4.79 Å². The monoisotopic (exact) mass is 340 g/mol. The number of methoxy groups -OCH3 is 2. The summed E-state index contributed by atoms with van der Waals surface area (Å²) in [6.07, 6.45) is 0.915. The van der Waals surface area contributed by atoms with E-state index in [-0.39, 0.29) is 12.0 Å². The fourth-order valence-corrected chi connectivity index (χ4v) is 1.76. The molecule has 6 heteroatoms. The van der Waals surface area contributed by atoms with Crippen LogP contribution in [0.1, 0.15) is 25.3 Å². The van der Waals surface area contributed by atoms with Crippen molar-refractivity contribution < 1.29 is 19.0 Å². The lowest BCUT2D eigenvalue weighted by Crippen LogP contribution is -2.26. The smallest absolute Gasteiger partial charge is 0.306 e. The Bertz CT molecular complexity index is 415. The molecule has 0 amide bonds. The standard InChI is InChI=1S/C13H19NO3.C5H13NO/c1-16-10-12(14)7-8-13(15)17-9-11-5-3-2-4-6-11;1-5(3-6)4-7-2/h2-6,12H,7-10,14H2,1H3;5H,3-4,6H2,1-2H3/t12-;5-/m00/s1. The van der Waals surface area contributed by atoms with E-state index >= 15 is 0 Å². The van der Waals surface area contributed by atoms with Crippen molar-refractivity contribution in [2.24, 2.45) is 17.4 Å². The van der Waals surface area contributed by atoms with Gasteiger partial charge in [-0.25, -0.2) is 0 Å². The third-order valence-electron chi connectivity index (χ3n) is 3.20. The molecule has 0 spiro atoms. The number of hydrogen-bond acceptors (Lipinski definition) is 6. The lowest BCUT2D eigenvalue weighted by atomic mass is 10.2. The number of carbonyl (C=O) groups is 1. The van der Waals surface area contributed by atoms with Crippen LogP contribution in [-0.2, 0) is 25.6 Å². The first kappa shape index (κ1) is 22.5. The molecule has 138 valence electrons. The summed E-state index contributed by atoms with van der Waals surface area (Å²) in [5.41, 5.74) is 12.0. The molecule has 1 aromatic carbocycles. The normalized spacial score (nSPS) is 12.7. The van der Waals surface area contributed by atoms with Gasteiger partial charge in [0.1, 0.15) is 6.61 Å². The van der Waals surface area contributed by atoms with Crippen molar-refractivity contribution in [3.63, 3.8) is 0 Å². The number of nitrogens with two attached hydrogens (primary N) is 2. The Balaban J connectivity index is 0.000000640. The molecule has 2 atom stereocenters. The van der Waals surface area contributed by atoms with Gasteiger partial charge >= 0.3 is 5.97 Å². The summed E-state index contributed by atoms with van der Waals surface area (Å²) < 4.78 is 14.8. The number of esters is 1. The van der Waals surface area contributed by atoms with E-state index in [9.17, 15) is 4.79 Å². The fourth-order valence-electron chi connectivity index (χ4n) is 1.76. The van der Waals surface area contributed by atoms with E-state index in [0.717, 1.165) is 12.2 Å². The van der Waals surface area contributed by atoms with Crippen molar-refractivity contribution in [3.05, 3.63) is 35.9 Å². The highest BCUT2D eigenvalue weighted by Crippen LogP contribution is 2.03. The zero-order chi connectivity index (χ0) is 18.2. The highest BCUT2D eigenvalue weighted by Gasteiger charge is 2.08. The molecule has 1 rings (SSSR count). The van der Waals surface area contributed by atoms with Gasteiger partial charge < -0.3 is 25.7 Å². The van der Waals surface area contributed by atoms with Crippen LogP contribution < -0.4 is 11.5 Å². The average Bonchev–Trinajstić information content (AvgIpc) is 2.60. The quantitative estimate of drug-likeness (QED) is 0.629. The Kier molecular flexibility index (Phi) is 14.2. The molecule has 6 nitrogen and oxygen atoms in total. The molecular formula is C18H32N2O4. The molecule has 4 N–H and O–H groups in total. The first-order chi connectivity index (χ1) is 11.5. The van der Waals surface area contributed by atoms with Crippen LogP contribution in [0.15, 0.2) is 30.3 Å². The molecule has 0 saturated carbocycles. The van der Waals surface area contributed by atoms with E-state index in [4.69, 9.17) is 25.7 Å². The van der Waals surface area contributed by atoms with Gasteiger partial charge in [-0.1, -0.05) is 37.3 Å². The van der Waals surface area contributed by atoms with Gasteiger partial charge in [0.2, 0.25) is 0 Å². The Morgan fingerprint density at radius 2 is 1.75 bits per heavy atom. The summed E-state index contributed by atoms with van der Waals surface area (Å²) in [6, 6.07) is 9.49. The van der Waals surface area contributed by atoms with Crippen molar-refractivity contribution in [2.45, 2.75) is 32.4 Å². The Labute approximate surface area is 145 Å². The largest absolute Gasteiger partial charge is 0.461 e. The summed E-state index contributed by atoms with van der Waals surface area (Å²) >= 11 is 0. The molecule has 0 heterocycles. The van der Waals surface area contributed by atoms with Gasteiger partial charge in [-0.2, -0.15) is 0 Å². The van der Waals surface area contributed by atoms with Crippen molar-refractivity contribution in [3.8, 4) is 0 Å². The van der Waals surface area contributed by atoms with Crippen LogP contribution in [0, 0.1) is 5.92 Å². The lowest BCUT2D eigenvalue weighted by Gasteiger charge is -2.09. The minimum absolute atomic E-state index is 0.107. The van der Waals surface area contributed by atoms with E-state index in [0.29, 0.717) is 38.5 Å². The third-order valence-corrected chi connectivity index (χ3v) is 3.20. The van der Waals surface area contributed by atoms with Gasteiger partial charge in [-0.15, -0.1) is 0 Å². The molecule has 0 fully saturated rings. The topological polar surface area (TPSA) is 96.8 Å². The van der Waals surface area contributed by atoms with Gasteiger partial charge in [0.25, 0.3) is 0 Å². The van der Waals surface area contributed by atoms with Gasteiger partial charge in [0, 0.05) is 33.3 Å². The van der Waals surface area contributed by atoms with Crippen LogP contribution in [0.2, 0.25) is 0 Å². The molecule has 0 unspecified atom stereocenters. The first-order valence-corrected chi connectivity index (χ1v) is 8.16. The van der Waals surface area contributed by atoms with Crippen LogP contribution in [-0.4, -0.2) is 46.0 Å². The van der Waals surface area contributed by atoms with Crippen molar-refractivity contribution >= 4 is 5.97 Å². The highest BCUT2D eigenvalue weighted by molar-refractivity contribution is 5.69. The number of carbonyl (C=O) groups excluding carboxylic acids is 1. The maximum Gasteiger partial charge on any atom is 0.306 e. The summed E-state index contributed by atoms with van der Waals surface area (Å²) in [6.45, 7) is 4.33. The predicted molar refractivity (Wildman–Crippen MR) is 95.4 cm³/mol. The average molecular weight is 340 g/mol. The minimum Gasteiger partial charge on any atom is -0.461 e. The van der Waals surface area contributed by atoms with E-state index in [1.54, 1.807) is 14.2 Å². The predicted octanol–water partition coefficient (Wildman–Crippen LogP) is 1.71. The Morgan fingerprint density at radius 3 is 2.25 bits per heavy atom. The number of ether oxygens (including phenoxy) is 3. The zero-order valence-corrected chi connectivity index (χ0v) is 15.1. The minimum atomic E-state index is -0.222. The van der Waals surface area contributed by atoms with E-state index in [2.05, 4.69) is 6.92 Å². The molecule has 0 radical (unpaired) electrons. The molecule has 0 aromatic heterocycles. The summed E-state index contributed by atoms with van der Waals surface area (Å²) in [5.74, 6) is 0.283. The van der Waals surface area contributed by atoms with Crippen molar-refractivity contribution in [2.75, 3.05) is 34.0 Å². The molecule has 24 heavy (non-hydrogen) atoms. The second-order valence-corrected chi connectivity index (χ2v) is 5.70. The number of benzene rings is 1. The van der Waals surface area contributed by atoms with Gasteiger partial charge in [0.05, 0.1) is 6.61 Å². The molecule has 0 saturated heterocycles. The van der Waals surface area contributed by atoms with E-state index in [1.807, 2.05) is 30.3 Å². The maximum absolute atomic E-state index is 11.4. The Hall–Kier alpha value is -1.47. The van der Waals surface area contributed by atoms with E-state index in [1.165, 1.54) is 0 Å². The lowest BCUT2D eigenvalue weighted by molar-refractivity contribution is -0.145. The number of rotatable bonds is 10. The first-order valence-electron chi connectivity index (χ1n) is 8.16. The summed E-state index contributed by atoms with van der Waals surface area (Å²) in [5, 5.41) is 0. The highest BCUT2D eigenvalue weighted by atomic mass is 16.5. The molecule has 0 aliphatic carbocycles. The van der Waals surface area contributed by atoms with Crippen molar-refractivity contribution in [1.29, 1.82) is 0 Å². The second kappa shape index (κ2) is 15.1. The van der Waals surface area contributed by atoms with Crippen LogP contribution in [0.4, 0.5) is 0 Å². The fraction of sp³-hybridized carbons (Fsp3) is 0.611. The SMILES string of the molecule is COC[C@@H](C)CN.COC[C@@H](N)CCC(=O)OCc1ccccc1. The van der Waals surface area contributed by atoms with Crippen LogP contribution in [0.5, 0.6) is 0 Å². The van der Waals surface area contributed by atoms with E-state index < -0.39 is 0 Å². The second-order valence-electron chi connectivity index (χ2n) is 5.70. The maximum atomic E-state index is 11.4. The molecule has 0 bridgehead atoms. The molecule has 0 aliphatic heterocycles. The molecule has 0 aliphatic rings. The Morgan fingerprint density at radius 1 is 1.12 bits per heavy atom. The molecule has 1 aromatic rings. The van der Waals surface area contributed by atoms with Gasteiger partial charge in [0.15, 0.2) is 0 Å². The van der Waals surface area contributed by atoms with Crippen LogP contribution in [0.3, 0.4) is 0 Å². The molecular weight excluding hydrogens is 308 g/mol. The van der Waals surface area contributed by atoms with Crippen LogP contribution >= 0.6 is 0 Å². The van der Waals surface area contributed by atoms with Crippen molar-refractivity contribution in [1.82, 2.24) is 0 Å². The van der Waals surface area contributed by atoms with Gasteiger partial charge in [-0.05, 0) is 24.4 Å². The third kappa shape index (κ3) is 13.0. The number of hydrogen-bond donors (Lipinski definition) is 2. The zero-order valence-electron chi connectivity index (χ0n) is 15.1. The summed E-state index contributed by atoms with van der Waals surface area (Å²) in [7, 11) is 3.28. The van der Waals surface area contributed by atoms with Crippen LogP contribution in [0.25, 0.3) is 0 Å².